The summed E-state index contributed by atoms with van der Waals surface area (Å²) in [7, 11) is -3.44. The Morgan fingerprint density at radius 3 is 2.61 bits per heavy atom. The second-order valence-electron chi connectivity index (χ2n) is 7.48. The van der Waals surface area contributed by atoms with Crippen LogP contribution in [-0.2, 0) is 14.6 Å². The van der Waals surface area contributed by atoms with Crippen molar-refractivity contribution in [1.29, 1.82) is 0 Å². The molecule has 33 heavy (non-hydrogen) atoms. The summed E-state index contributed by atoms with van der Waals surface area (Å²) in [6, 6.07) is 12.6. The van der Waals surface area contributed by atoms with Crippen LogP contribution in [0.1, 0.15) is 10.4 Å². The van der Waals surface area contributed by atoms with Crippen LogP contribution in [0.15, 0.2) is 52.3 Å². The Kier molecular flexibility index (Phi) is 8.76. The first-order valence-electron chi connectivity index (χ1n) is 10.2. The van der Waals surface area contributed by atoms with E-state index in [9.17, 15) is 13.2 Å². The highest BCUT2D eigenvalue weighted by molar-refractivity contribution is 7.98. The van der Waals surface area contributed by atoms with Crippen LogP contribution in [0.25, 0.3) is 10.2 Å². The number of carbonyl (C=O) groups is 1. The Morgan fingerprint density at radius 1 is 1.18 bits per heavy atom. The van der Waals surface area contributed by atoms with Crippen molar-refractivity contribution in [3.63, 3.8) is 0 Å². The van der Waals surface area contributed by atoms with Crippen LogP contribution in [0.2, 0.25) is 0 Å². The minimum absolute atomic E-state index is 0. The first-order chi connectivity index (χ1) is 15.4. The number of halogens is 1. The van der Waals surface area contributed by atoms with Gasteiger partial charge in [-0.05, 0) is 30.5 Å². The number of fused-ring (bicyclic) bond motifs is 1. The topological polar surface area (TPSA) is 79.8 Å². The molecule has 2 heterocycles. The second kappa shape index (κ2) is 11.2. The smallest absolute Gasteiger partial charge is 0.261 e. The Bertz CT molecular complexity index is 1230. The third kappa shape index (κ3) is 5.87. The van der Waals surface area contributed by atoms with Crippen molar-refractivity contribution in [3.05, 3.63) is 48.0 Å². The molecule has 1 saturated heterocycles. The zero-order valence-electron chi connectivity index (χ0n) is 18.4. The van der Waals surface area contributed by atoms with Gasteiger partial charge in [0.1, 0.15) is 5.52 Å². The predicted molar refractivity (Wildman–Crippen MR) is 137 cm³/mol. The molecule has 1 aromatic heterocycles. The zero-order chi connectivity index (χ0) is 22.7. The fourth-order valence-electron chi connectivity index (χ4n) is 3.64. The summed E-state index contributed by atoms with van der Waals surface area (Å²) in [5.74, 6) is -0.136. The van der Waals surface area contributed by atoms with Gasteiger partial charge in [-0.3, -0.25) is 14.6 Å². The van der Waals surface area contributed by atoms with E-state index in [1.807, 2.05) is 36.6 Å². The van der Waals surface area contributed by atoms with Crippen molar-refractivity contribution in [2.45, 2.75) is 9.79 Å². The molecule has 0 N–H and O–H groups in total. The zero-order valence-corrected chi connectivity index (χ0v) is 21.7. The standard InChI is InChI=1S/C22H25N3O4S3.ClH/c1-30-17-7-4-3-6-16(17)21(26)25(11-10-24-12-14-29-15-13-24)22-23-20-18(31-22)8-5-9-19(20)32(2,27)28;/h3-9H,10-15H2,1-2H3;1H. The lowest BCUT2D eigenvalue weighted by Crippen LogP contribution is -2.43. The maximum atomic E-state index is 13.7. The number of thioether (sulfide) groups is 1. The van der Waals surface area contributed by atoms with E-state index in [-0.39, 0.29) is 23.2 Å². The van der Waals surface area contributed by atoms with Gasteiger partial charge < -0.3 is 4.74 Å². The van der Waals surface area contributed by atoms with Crippen molar-refractivity contribution in [2.24, 2.45) is 0 Å². The molecule has 7 nitrogen and oxygen atoms in total. The van der Waals surface area contributed by atoms with E-state index >= 15 is 0 Å². The molecule has 3 aromatic rings. The summed E-state index contributed by atoms with van der Waals surface area (Å²) < 4.78 is 30.7. The van der Waals surface area contributed by atoms with E-state index in [4.69, 9.17) is 4.74 Å². The van der Waals surface area contributed by atoms with E-state index in [2.05, 4.69) is 9.88 Å². The summed E-state index contributed by atoms with van der Waals surface area (Å²) in [4.78, 5) is 23.3. The molecule has 1 amide bonds. The number of nitrogens with zero attached hydrogens (tertiary/aromatic N) is 3. The number of anilines is 1. The van der Waals surface area contributed by atoms with Gasteiger partial charge in [-0.1, -0.05) is 29.5 Å². The molecule has 1 fully saturated rings. The summed E-state index contributed by atoms with van der Waals surface area (Å²) >= 11 is 2.86. The molecule has 0 spiro atoms. The number of para-hydroxylation sites is 1. The number of aromatic nitrogens is 1. The minimum Gasteiger partial charge on any atom is -0.379 e. The Morgan fingerprint density at radius 2 is 1.91 bits per heavy atom. The van der Waals surface area contributed by atoms with Gasteiger partial charge in [0.2, 0.25) is 0 Å². The van der Waals surface area contributed by atoms with Gasteiger partial charge in [0, 0.05) is 37.3 Å². The van der Waals surface area contributed by atoms with Gasteiger partial charge in [0.15, 0.2) is 15.0 Å². The summed E-state index contributed by atoms with van der Waals surface area (Å²) in [6.45, 7) is 4.15. The minimum atomic E-state index is -3.44. The number of ether oxygens (including phenoxy) is 1. The molecular weight excluding hydrogens is 502 g/mol. The number of rotatable bonds is 7. The molecule has 0 unspecified atom stereocenters. The highest BCUT2D eigenvalue weighted by Crippen LogP contribution is 2.34. The monoisotopic (exact) mass is 527 g/mol. The molecule has 1 aliphatic heterocycles. The molecule has 11 heteroatoms. The van der Waals surface area contributed by atoms with Gasteiger partial charge in [-0.2, -0.15) is 0 Å². The van der Waals surface area contributed by atoms with Crippen LogP contribution < -0.4 is 4.90 Å². The number of amides is 1. The normalized spacial score (nSPS) is 14.7. The van der Waals surface area contributed by atoms with Gasteiger partial charge in [-0.25, -0.2) is 13.4 Å². The highest BCUT2D eigenvalue weighted by Gasteiger charge is 2.26. The third-order valence-electron chi connectivity index (χ3n) is 5.33. The second-order valence-corrected chi connectivity index (χ2v) is 11.3. The average Bonchev–Trinajstić information content (AvgIpc) is 3.23. The molecule has 0 atom stereocenters. The number of hydrogen-bond donors (Lipinski definition) is 0. The number of thiazole rings is 1. The van der Waals surface area contributed by atoms with Gasteiger partial charge in [0.25, 0.3) is 5.91 Å². The third-order valence-corrected chi connectivity index (χ3v) is 8.29. The molecule has 4 rings (SSSR count). The van der Waals surface area contributed by atoms with Crippen LogP contribution in [0, 0.1) is 0 Å². The van der Waals surface area contributed by atoms with Crippen molar-refractivity contribution >= 4 is 66.6 Å². The van der Waals surface area contributed by atoms with Crippen LogP contribution in [0.5, 0.6) is 0 Å². The molecule has 1 aliphatic rings. The average molecular weight is 528 g/mol. The Balaban J connectivity index is 0.00000306. The largest absolute Gasteiger partial charge is 0.379 e. The van der Waals surface area contributed by atoms with Crippen molar-refractivity contribution in [3.8, 4) is 0 Å². The summed E-state index contributed by atoms with van der Waals surface area (Å²) in [5, 5.41) is 0.505. The van der Waals surface area contributed by atoms with E-state index < -0.39 is 9.84 Å². The molecule has 178 valence electrons. The van der Waals surface area contributed by atoms with Crippen molar-refractivity contribution < 1.29 is 17.9 Å². The number of sulfone groups is 1. The predicted octanol–water partition coefficient (Wildman–Crippen LogP) is 3.82. The number of benzene rings is 2. The Labute approximate surface area is 208 Å². The number of morpholine rings is 1. The summed E-state index contributed by atoms with van der Waals surface area (Å²) in [6.07, 6.45) is 3.12. The van der Waals surface area contributed by atoms with Gasteiger partial charge >= 0.3 is 0 Å². The van der Waals surface area contributed by atoms with E-state index in [0.29, 0.717) is 42.5 Å². The molecule has 2 aromatic carbocycles. The lowest BCUT2D eigenvalue weighted by molar-refractivity contribution is 0.0391. The lowest BCUT2D eigenvalue weighted by Gasteiger charge is -2.29. The molecule has 0 aliphatic carbocycles. The SMILES string of the molecule is CSc1ccccc1C(=O)N(CCN1CCOCC1)c1nc2c(S(C)(=O)=O)cccc2s1.Cl. The van der Waals surface area contributed by atoms with Gasteiger partial charge in [0.05, 0.1) is 28.4 Å². The van der Waals surface area contributed by atoms with Crippen molar-refractivity contribution in [2.75, 3.05) is 56.8 Å². The van der Waals surface area contributed by atoms with E-state index in [1.165, 1.54) is 29.4 Å². The van der Waals surface area contributed by atoms with E-state index in [1.54, 1.807) is 17.0 Å². The lowest BCUT2D eigenvalue weighted by atomic mass is 10.2. The number of hydrogen-bond acceptors (Lipinski definition) is 8. The van der Waals surface area contributed by atoms with Crippen LogP contribution in [-0.4, -0.2) is 76.1 Å². The molecule has 0 radical (unpaired) electrons. The van der Waals surface area contributed by atoms with Gasteiger partial charge in [-0.15, -0.1) is 24.2 Å². The quantitative estimate of drug-likeness (QED) is 0.432. The van der Waals surface area contributed by atoms with E-state index in [0.717, 1.165) is 22.7 Å². The fourth-order valence-corrected chi connectivity index (χ4v) is 6.15. The fraction of sp³-hybridized carbons (Fsp3) is 0.364. The van der Waals surface area contributed by atoms with Crippen LogP contribution in [0.4, 0.5) is 5.13 Å². The first-order valence-corrected chi connectivity index (χ1v) is 14.2. The maximum Gasteiger partial charge on any atom is 0.261 e. The van der Waals surface area contributed by atoms with Crippen LogP contribution in [0.3, 0.4) is 0 Å². The molecule has 0 saturated carbocycles. The van der Waals surface area contributed by atoms with Crippen molar-refractivity contribution in [1.82, 2.24) is 9.88 Å². The molecule has 0 bridgehead atoms. The molecular formula is C22H26ClN3O4S3. The summed E-state index contributed by atoms with van der Waals surface area (Å²) in [5.41, 5.74) is 1.03. The highest BCUT2D eigenvalue weighted by atomic mass is 35.5. The maximum absolute atomic E-state index is 13.7. The first kappa shape index (κ1) is 25.9. The number of carbonyl (C=O) groups excluding carboxylic acids is 1. The van der Waals surface area contributed by atoms with Crippen LogP contribution >= 0.6 is 35.5 Å². The Hall–Kier alpha value is -1.69.